The van der Waals surface area contributed by atoms with E-state index in [-0.39, 0.29) is 10.7 Å². The van der Waals surface area contributed by atoms with Crippen molar-refractivity contribution in [1.82, 2.24) is 9.97 Å². The molecule has 9 heteroatoms. The molecule has 0 saturated heterocycles. The van der Waals surface area contributed by atoms with Crippen molar-refractivity contribution in [3.8, 4) is 5.75 Å². The first-order valence-electron chi connectivity index (χ1n) is 9.37. The predicted molar refractivity (Wildman–Crippen MR) is 122 cm³/mol. The maximum atomic E-state index is 12.9. The summed E-state index contributed by atoms with van der Waals surface area (Å²) in [5, 5.41) is 3.63. The minimum atomic E-state index is -3.89. The molecule has 0 fully saturated rings. The van der Waals surface area contributed by atoms with E-state index in [0.717, 1.165) is 5.56 Å². The van der Waals surface area contributed by atoms with Crippen LogP contribution in [0.3, 0.4) is 0 Å². The van der Waals surface area contributed by atoms with Gasteiger partial charge < -0.3 is 10.1 Å². The van der Waals surface area contributed by atoms with Gasteiger partial charge in [0, 0.05) is 17.1 Å². The highest BCUT2D eigenvalue weighted by molar-refractivity contribution is 7.92. The monoisotopic (exact) mass is 454 g/mol. The van der Waals surface area contributed by atoms with Gasteiger partial charge in [0.05, 0.1) is 23.0 Å². The van der Waals surface area contributed by atoms with Crippen molar-refractivity contribution in [3.63, 3.8) is 0 Å². The van der Waals surface area contributed by atoms with Gasteiger partial charge in [-0.2, -0.15) is 0 Å². The topological polar surface area (TPSA) is 93.2 Å². The minimum Gasteiger partial charge on any atom is -0.496 e. The molecule has 4 rings (SSSR count). The summed E-state index contributed by atoms with van der Waals surface area (Å²) in [6.07, 6.45) is 0. The number of rotatable bonds is 7. The van der Waals surface area contributed by atoms with E-state index in [4.69, 9.17) is 16.3 Å². The van der Waals surface area contributed by atoms with E-state index in [2.05, 4.69) is 20.0 Å². The zero-order valence-corrected chi connectivity index (χ0v) is 18.1. The highest BCUT2D eigenvalue weighted by Gasteiger charge is 2.19. The van der Waals surface area contributed by atoms with Crippen molar-refractivity contribution < 1.29 is 13.2 Å². The summed E-state index contributed by atoms with van der Waals surface area (Å²) < 4.78 is 33.7. The Balaban J connectivity index is 1.70. The second-order valence-electron chi connectivity index (χ2n) is 6.63. The fraction of sp³-hybridized carbons (Fsp3) is 0.0909. The third kappa shape index (κ3) is 4.70. The van der Waals surface area contributed by atoms with Gasteiger partial charge in [-0.25, -0.2) is 18.4 Å². The van der Waals surface area contributed by atoms with Crippen LogP contribution in [0.1, 0.15) is 5.56 Å². The van der Waals surface area contributed by atoms with E-state index in [1.54, 1.807) is 13.2 Å². The van der Waals surface area contributed by atoms with Crippen LogP contribution in [-0.2, 0) is 16.6 Å². The lowest BCUT2D eigenvalue weighted by Crippen LogP contribution is -2.16. The highest BCUT2D eigenvalue weighted by Crippen LogP contribution is 2.26. The van der Waals surface area contributed by atoms with E-state index in [1.807, 2.05) is 42.5 Å². The molecule has 0 unspecified atom stereocenters. The fourth-order valence-electron chi connectivity index (χ4n) is 3.02. The van der Waals surface area contributed by atoms with Crippen molar-refractivity contribution in [3.05, 3.63) is 83.4 Å². The Morgan fingerprint density at radius 2 is 1.48 bits per heavy atom. The molecule has 7 nitrogen and oxygen atoms in total. The van der Waals surface area contributed by atoms with Crippen LogP contribution < -0.4 is 14.8 Å². The van der Waals surface area contributed by atoms with Crippen LogP contribution >= 0.6 is 11.6 Å². The number of hydrogen-bond donors (Lipinski definition) is 2. The van der Waals surface area contributed by atoms with E-state index in [1.165, 1.54) is 24.3 Å². The molecule has 0 aliphatic rings. The average Bonchev–Trinajstić information content (AvgIpc) is 2.78. The van der Waals surface area contributed by atoms with Crippen LogP contribution in [0.25, 0.3) is 11.0 Å². The molecule has 0 spiro atoms. The van der Waals surface area contributed by atoms with Gasteiger partial charge in [-0.1, -0.05) is 41.9 Å². The molecule has 0 amide bonds. The van der Waals surface area contributed by atoms with Gasteiger partial charge in [-0.15, -0.1) is 0 Å². The molecule has 0 aliphatic heterocycles. The van der Waals surface area contributed by atoms with Gasteiger partial charge >= 0.3 is 0 Å². The number of sulfonamides is 1. The molecular weight excluding hydrogens is 436 g/mol. The first kappa shape index (κ1) is 20.9. The van der Waals surface area contributed by atoms with Crippen molar-refractivity contribution in [2.45, 2.75) is 11.4 Å². The Bertz CT molecular complexity index is 1330. The summed E-state index contributed by atoms with van der Waals surface area (Å²) >= 11 is 5.88. The van der Waals surface area contributed by atoms with E-state index in [0.29, 0.717) is 34.2 Å². The maximum absolute atomic E-state index is 12.9. The Hall–Kier alpha value is -3.36. The standard InChI is InChI=1S/C22H19ClN4O3S/c1-30-20-9-5-2-6-15(20)14-24-21-22(26-19-8-4-3-7-18(19)25-21)27-31(28,29)17-12-10-16(23)11-13-17/h2-13H,14H2,1H3,(H,24,25)(H,26,27). The predicted octanol–water partition coefficient (Wildman–Crippen LogP) is 4.70. The molecule has 4 aromatic rings. The van der Waals surface area contributed by atoms with E-state index in [9.17, 15) is 8.42 Å². The minimum absolute atomic E-state index is 0.0718. The Morgan fingerprint density at radius 1 is 0.871 bits per heavy atom. The molecule has 0 bridgehead atoms. The lowest BCUT2D eigenvalue weighted by atomic mass is 10.2. The van der Waals surface area contributed by atoms with Crippen molar-refractivity contribution >= 4 is 44.3 Å². The number of ether oxygens (including phenoxy) is 1. The summed E-state index contributed by atoms with van der Waals surface area (Å²) in [5.41, 5.74) is 2.10. The van der Waals surface area contributed by atoms with Gasteiger partial charge in [0.1, 0.15) is 5.75 Å². The Kier molecular flexibility index (Phi) is 5.92. The van der Waals surface area contributed by atoms with Gasteiger partial charge in [-0.3, -0.25) is 4.72 Å². The Morgan fingerprint density at radius 3 is 2.16 bits per heavy atom. The summed E-state index contributed by atoms with van der Waals surface area (Å²) in [7, 11) is -2.30. The third-order valence-corrected chi connectivity index (χ3v) is 6.17. The van der Waals surface area contributed by atoms with Crippen molar-refractivity contribution in [1.29, 1.82) is 0 Å². The molecule has 31 heavy (non-hydrogen) atoms. The fourth-order valence-corrected chi connectivity index (χ4v) is 4.16. The number of fused-ring (bicyclic) bond motifs is 1. The first-order valence-corrected chi connectivity index (χ1v) is 11.2. The van der Waals surface area contributed by atoms with E-state index < -0.39 is 10.0 Å². The van der Waals surface area contributed by atoms with Crippen LogP contribution in [0.15, 0.2) is 77.7 Å². The van der Waals surface area contributed by atoms with Gasteiger partial charge in [0.15, 0.2) is 11.6 Å². The second kappa shape index (κ2) is 8.79. The molecule has 2 N–H and O–H groups in total. The summed E-state index contributed by atoms with van der Waals surface area (Å²) in [6.45, 7) is 0.368. The number of halogens is 1. The van der Waals surface area contributed by atoms with Crippen LogP contribution in [0.5, 0.6) is 5.75 Å². The maximum Gasteiger partial charge on any atom is 0.263 e. The largest absolute Gasteiger partial charge is 0.496 e. The smallest absolute Gasteiger partial charge is 0.263 e. The lowest BCUT2D eigenvalue weighted by Gasteiger charge is -2.15. The highest BCUT2D eigenvalue weighted by atomic mass is 35.5. The second-order valence-corrected chi connectivity index (χ2v) is 8.75. The van der Waals surface area contributed by atoms with Gasteiger partial charge in [0.2, 0.25) is 0 Å². The van der Waals surface area contributed by atoms with Crippen LogP contribution in [0.2, 0.25) is 5.02 Å². The first-order chi connectivity index (χ1) is 15.0. The normalized spacial score (nSPS) is 11.3. The van der Waals surface area contributed by atoms with Crippen molar-refractivity contribution in [2.24, 2.45) is 0 Å². The SMILES string of the molecule is COc1ccccc1CNc1nc2ccccc2nc1NS(=O)(=O)c1ccc(Cl)cc1. The quantitative estimate of drug-likeness (QED) is 0.420. The molecule has 1 aromatic heterocycles. The number of anilines is 2. The van der Waals surface area contributed by atoms with Crippen LogP contribution in [0.4, 0.5) is 11.6 Å². The number of hydrogen-bond acceptors (Lipinski definition) is 6. The number of para-hydroxylation sites is 3. The molecule has 158 valence electrons. The lowest BCUT2D eigenvalue weighted by molar-refractivity contribution is 0.410. The number of methoxy groups -OCH3 is 1. The Labute approximate surface area is 185 Å². The summed E-state index contributed by atoms with van der Waals surface area (Å²) in [6, 6.07) is 20.7. The molecule has 0 aliphatic carbocycles. The number of nitrogens with one attached hydrogen (secondary N) is 2. The average molecular weight is 455 g/mol. The molecule has 1 heterocycles. The number of nitrogens with zero attached hydrogens (tertiary/aromatic N) is 2. The number of benzene rings is 3. The molecule has 0 atom stereocenters. The van der Waals surface area contributed by atoms with E-state index >= 15 is 0 Å². The summed E-state index contributed by atoms with van der Waals surface area (Å²) in [4.78, 5) is 9.13. The van der Waals surface area contributed by atoms with Crippen LogP contribution in [0, 0.1) is 0 Å². The number of aromatic nitrogens is 2. The molecule has 0 radical (unpaired) electrons. The third-order valence-electron chi connectivity index (χ3n) is 4.56. The van der Waals surface area contributed by atoms with Crippen LogP contribution in [-0.4, -0.2) is 25.5 Å². The van der Waals surface area contributed by atoms with Crippen molar-refractivity contribution in [2.75, 3.05) is 17.1 Å². The summed E-state index contributed by atoms with van der Waals surface area (Å²) in [5.74, 6) is 1.12. The zero-order chi connectivity index (χ0) is 21.8. The van der Waals surface area contributed by atoms with Gasteiger partial charge in [-0.05, 0) is 42.5 Å². The molecular formula is C22H19ClN4O3S. The molecule has 3 aromatic carbocycles. The zero-order valence-electron chi connectivity index (χ0n) is 16.5. The molecule has 0 saturated carbocycles. The van der Waals surface area contributed by atoms with Gasteiger partial charge in [0.25, 0.3) is 10.0 Å².